The van der Waals surface area contributed by atoms with Crippen LogP contribution in [-0.2, 0) is 4.79 Å². The van der Waals surface area contributed by atoms with Crippen LogP contribution < -0.4 is 5.32 Å². The Bertz CT molecular complexity index is 208. The Labute approximate surface area is 87.5 Å². The van der Waals surface area contributed by atoms with E-state index in [2.05, 4.69) is 19.2 Å². The quantitative estimate of drug-likeness (QED) is 0.724. The van der Waals surface area contributed by atoms with Crippen LogP contribution in [0.2, 0.25) is 0 Å². The van der Waals surface area contributed by atoms with E-state index < -0.39 is 0 Å². The zero-order valence-electron chi connectivity index (χ0n) is 9.89. The van der Waals surface area contributed by atoms with Crippen molar-refractivity contribution in [2.24, 2.45) is 11.3 Å². The summed E-state index contributed by atoms with van der Waals surface area (Å²) >= 11 is 0. The van der Waals surface area contributed by atoms with Gasteiger partial charge in [-0.3, -0.25) is 4.79 Å². The number of carbonyl (C=O) groups excluding carboxylic acids is 1. The minimum atomic E-state index is 0.104. The minimum Gasteiger partial charge on any atom is -0.353 e. The zero-order chi connectivity index (χ0) is 10.8. The van der Waals surface area contributed by atoms with Gasteiger partial charge in [0, 0.05) is 12.0 Å². The van der Waals surface area contributed by atoms with E-state index in [0.717, 1.165) is 6.42 Å². The van der Waals surface area contributed by atoms with Gasteiger partial charge in [0.25, 0.3) is 0 Å². The van der Waals surface area contributed by atoms with Gasteiger partial charge in [0.05, 0.1) is 0 Å². The number of amides is 1. The van der Waals surface area contributed by atoms with Crippen molar-refractivity contribution in [3.63, 3.8) is 0 Å². The second-order valence-corrected chi connectivity index (χ2v) is 5.45. The Morgan fingerprint density at radius 1 is 1.36 bits per heavy atom. The highest BCUT2D eigenvalue weighted by molar-refractivity contribution is 5.78. The maximum absolute atomic E-state index is 11.6. The van der Waals surface area contributed by atoms with E-state index >= 15 is 0 Å². The zero-order valence-corrected chi connectivity index (χ0v) is 9.89. The molecule has 0 aliphatic heterocycles. The molecule has 0 aromatic carbocycles. The van der Waals surface area contributed by atoms with Gasteiger partial charge in [-0.25, -0.2) is 0 Å². The molecule has 0 saturated heterocycles. The molecular weight excluding hydrogens is 174 g/mol. The molecule has 1 amide bonds. The van der Waals surface area contributed by atoms with E-state index in [9.17, 15) is 4.79 Å². The average Bonchev–Trinajstić information content (AvgIpc) is 2.08. The second-order valence-electron chi connectivity index (χ2n) is 5.45. The molecule has 2 heteroatoms. The van der Waals surface area contributed by atoms with Crippen LogP contribution in [0.15, 0.2) is 0 Å². The Morgan fingerprint density at radius 3 is 2.50 bits per heavy atom. The molecule has 1 aliphatic rings. The van der Waals surface area contributed by atoms with E-state index in [-0.39, 0.29) is 17.2 Å². The summed E-state index contributed by atoms with van der Waals surface area (Å²) in [6.45, 7) is 8.42. The van der Waals surface area contributed by atoms with Crippen molar-refractivity contribution >= 4 is 5.91 Å². The molecule has 1 unspecified atom stereocenters. The van der Waals surface area contributed by atoms with E-state index in [1.807, 2.05) is 13.8 Å². The van der Waals surface area contributed by atoms with Crippen molar-refractivity contribution in [1.29, 1.82) is 0 Å². The first-order valence-corrected chi connectivity index (χ1v) is 5.74. The fourth-order valence-electron chi connectivity index (χ4n) is 2.10. The lowest BCUT2D eigenvalue weighted by atomic mass is 9.73. The fraction of sp³-hybridized carbons (Fsp3) is 0.917. The van der Waals surface area contributed by atoms with E-state index in [4.69, 9.17) is 0 Å². The molecule has 1 rings (SSSR count). The van der Waals surface area contributed by atoms with Crippen molar-refractivity contribution in [1.82, 2.24) is 5.32 Å². The van der Waals surface area contributed by atoms with Crippen molar-refractivity contribution in [3.8, 4) is 0 Å². The first-order valence-electron chi connectivity index (χ1n) is 5.74. The molecule has 1 atom stereocenters. The molecule has 0 spiro atoms. The first-order chi connectivity index (χ1) is 6.43. The van der Waals surface area contributed by atoms with E-state index in [0.29, 0.717) is 6.04 Å². The van der Waals surface area contributed by atoms with Gasteiger partial charge in [-0.1, -0.05) is 40.5 Å². The molecule has 1 aliphatic carbocycles. The molecule has 1 saturated carbocycles. The predicted molar refractivity (Wildman–Crippen MR) is 59.0 cm³/mol. The maximum Gasteiger partial charge on any atom is 0.222 e. The topological polar surface area (TPSA) is 29.1 Å². The summed E-state index contributed by atoms with van der Waals surface area (Å²) in [5.74, 6) is 0.303. The monoisotopic (exact) mass is 197 g/mol. The van der Waals surface area contributed by atoms with E-state index in [1.165, 1.54) is 19.3 Å². The summed E-state index contributed by atoms with van der Waals surface area (Å²) in [4.78, 5) is 11.6. The number of hydrogen-bond acceptors (Lipinski definition) is 1. The molecule has 0 radical (unpaired) electrons. The molecule has 0 bridgehead atoms. The molecule has 0 aromatic rings. The minimum absolute atomic E-state index is 0.104. The molecule has 2 nitrogen and oxygen atoms in total. The van der Waals surface area contributed by atoms with Gasteiger partial charge < -0.3 is 5.32 Å². The Kier molecular flexibility index (Phi) is 3.57. The van der Waals surface area contributed by atoms with Crippen molar-refractivity contribution in [2.75, 3.05) is 0 Å². The van der Waals surface area contributed by atoms with Crippen LogP contribution in [0, 0.1) is 11.3 Å². The summed E-state index contributed by atoms with van der Waals surface area (Å²) in [7, 11) is 0. The summed E-state index contributed by atoms with van der Waals surface area (Å²) in [6.07, 6.45) is 4.94. The second kappa shape index (κ2) is 4.33. The normalized spacial score (nSPS) is 26.2. The molecular formula is C12H23NO. The number of rotatable bonds is 2. The molecule has 82 valence electrons. The third-order valence-corrected chi connectivity index (χ3v) is 3.35. The summed E-state index contributed by atoms with van der Waals surface area (Å²) in [6, 6.07) is 0.381. The van der Waals surface area contributed by atoms with Crippen molar-refractivity contribution in [2.45, 2.75) is 59.4 Å². The Morgan fingerprint density at radius 2 is 2.00 bits per heavy atom. The molecule has 1 fully saturated rings. The smallest absolute Gasteiger partial charge is 0.222 e. The third kappa shape index (κ3) is 2.73. The molecule has 1 N–H and O–H groups in total. The van der Waals surface area contributed by atoms with Crippen LogP contribution >= 0.6 is 0 Å². The molecule has 0 heterocycles. The van der Waals surface area contributed by atoms with Crippen LogP contribution in [0.25, 0.3) is 0 Å². The van der Waals surface area contributed by atoms with Crippen molar-refractivity contribution < 1.29 is 4.79 Å². The van der Waals surface area contributed by atoms with Gasteiger partial charge in [-0.05, 0) is 18.3 Å². The lowest BCUT2D eigenvalue weighted by molar-refractivity contribution is -0.125. The molecule has 14 heavy (non-hydrogen) atoms. The van der Waals surface area contributed by atoms with Crippen LogP contribution in [0.3, 0.4) is 0 Å². The SMILES string of the molecule is CC(C)C(=O)NC1CCCCC1(C)C. The number of hydrogen-bond donors (Lipinski definition) is 1. The van der Waals surface area contributed by atoms with Gasteiger partial charge in [-0.2, -0.15) is 0 Å². The van der Waals surface area contributed by atoms with Crippen LogP contribution in [0.5, 0.6) is 0 Å². The van der Waals surface area contributed by atoms with Gasteiger partial charge in [-0.15, -0.1) is 0 Å². The van der Waals surface area contributed by atoms with Crippen molar-refractivity contribution in [3.05, 3.63) is 0 Å². The fourth-order valence-corrected chi connectivity index (χ4v) is 2.10. The van der Waals surface area contributed by atoms with Crippen LogP contribution in [0.1, 0.15) is 53.4 Å². The van der Waals surface area contributed by atoms with E-state index in [1.54, 1.807) is 0 Å². The summed E-state index contributed by atoms with van der Waals surface area (Å²) in [5, 5.41) is 3.17. The Hall–Kier alpha value is -0.530. The van der Waals surface area contributed by atoms with Gasteiger partial charge in [0.15, 0.2) is 0 Å². The van der Waals surface area contributed by atoms with Gasteiger partial charge >= 0.3 is 0 Å². The number of carbonyl (C=O) groups is 1. The largest absolute Gasteiger partial charge is 0.353 e. The number of nitrogens with one attached hydrogen (secondary N) is 1. The van der Waals surface area contributed by atoms with Gasteiger partial charge in [0.1, 0.15) is 0 Å². The van der Waals surface area contributed by atoms with Gasteiger partial charge in [0.2, 0.25) is 5.91 Å². The lowest BCUT2D eigenvalue weighted by Crippen LogP contribution is -2.48. The highest BCUT2D eigenvalue weighted by Gasteiger charge is 2.33. The third-order valence-electron chi connectivity index (χ3n) is 3.35. The average molecular weight is 197 g/mol. The first kappa shape index (κ1) is 11.5. The predicted octanol–water partition coefficient (Wildman–Crippen LogP) is 2.73. The van der Waals surface area contributed by atoms with Crippen LogP contribution in [-0.4, -0.2) is 11.9 Å². The lowest BCUT2D eigenvalue weighted by Gasteiger charge is -2.39. The standard InChI is InChI=1S/C12H23NO/c1-9(2)11(14)13-10-7-5-6-8-12(10,3)4/h9-10H,5-8H2,1-4H3,(H,13,14). The highest BCUT2D eigenvalue weighted by atomic mass is 16.1. The summed E-state index contributed by atoms with van der Waals surface area (Å²) in [5.41, 5.74) is 0.281. The summed E-state index contributed by atoms with van der Waals surface area (Å²) < 4.78 is 0. The van der Waals surface area contributed by atoms with Crippen LogP contribution in [0.4, 0.5) is 0 Å². The highest BCUT2D eigenvalue weighted by Crippen LogP contribution is 2.35. The maximum atomic E-state index is 11.6. The Balaban J connectivity index is 2.54. The molecule has 0 aromatic heterocycles.